The van der Waals surface area contributed by atoms with Crippen LogP contribution in [0, 0.1) is 0 Å². The highest BCUT2D eigenvalue weighted by atomic mass is 16.5. The molecule has 12 heavy (non-hydrogen) atoms. The fraction of sp³-hybridized carbons (Fsp3) is 0.714. The Morgan fingerprint density at radius 1 is 1.83 bits per heavy atom. The van der Waals surface area contributed by atoms with Crippen LogP contribution < -0.4 is 5.32 Å². The Bertz CT molecular complexity index is 215. The van der Waals surface area contributed by atoms with Gasteiger partial charge in [0.25, 0.3) is 0 Å². The SMILES string of the molecule is COC(=O)[C@@]1(CO)CCC(=O)N1. The predicted octanol–water partition coefficient (Wildman–Crippen LogP) is -1.20. The first-order valence-corrected chi connectivity index (χ1v) is 3.65. The molecule has 1 amide bonds. The van der Waals surface area contributed by atoms with Crippen LogP contribution >= 0.6 is 0 Å². The minimum atomic E-state index is -1.19. The molecule has 0 bridgehead atoms. The number of rotatable bonds is 2. The van der Waals surface area contributed by atoms with Crippen molar-refractivity contribution in [3.05, 3.63) is 0 Å². The fourth-order valence-electron chi connectivity index (χ4n) is 1.25. The van der Waals surface area contributed by atoms with E-state index in [0.29, 0.717) is 6.42 Å². The Balaban J connectivity index is 2.77. The van der Waals surface area contributed by atoms with Gasteiger partial charge in [0.2, 0.25) is 5.91 Å². The molecule has 0 spiro atoms. The van der Waals surface area contributed by atoms with Crippen LogP contribution in [-0.4, -0.2) is 36.2 Å². The summed E-state index contributed by atoms with van der Waals surface area (Å²) in [6.07, 6.45) is 0.560. The van der Waals surface area contributed by atoms with Gasteiger partial charge in [0.05, 0.1) is 13.7 Å². The monoisotopic (exact) mass is 173 g/mol. The smallest absolute Gasteiger partial charge is 0.334 e. The molecule has 0 unspecified atom stereocenters. The summed E-state index contributed by atoms with van der Waals surface area (Å²) in [5.74, 6) is -0.815. The standard InChI is InChI=1S/C7H11NO4/c1-12-6(11)7(4-9)3-2-5(10)8-7/h9H,2-4H2,1H3,(H,8,10)/t7-/m0/s1. The minimum Gasteiger partial charge on any atom is -0.467 e. The van der Waals surface area contributed by atoms with Crippen LogP contribution in [0.25, 0.3) is 0 Å². The molecule has 2 N–H and O–H groups in total. The van der Waals surface area contributed by atoms with Gasteiger partial charge < -0.3 is 15.2 Å². The van der Waals surface area contributed by atoms with E-state index < -0.39 is 18.1 Å². The van der Waals surface area contributed by atoms with Crippen LogP contribution in [0.15, 0.2) is 0 Å². The van der Waals surface area contributed by atoms with E-state index in [9.17, 15) is 9.59 Å². The van der Waals surface area contributed by atoms with Crippen LogP contribution in [0.4, 0.5) is 0 Å². The lowest BCUT2D eigenvalue weighted by atomic mass is 9.99. The highest BCUT2D eigenvalue weighted by Gasteiger charge is 2.45. The van der Waals surface area contributed by atoms with Crippen LogP contribution in [0.3, 0.4) is 0 Å². The van der Waals surface area contributed by atoms with Gasteiger partial charge in [0.1, 0.15) is 0 Å². The van der Waals surface area contributed by atoms with E-state index in [2.05, 4.69) is 10.1 Å². The first-order valence-electron chi connectivity index (χ1n) is 3.65. The number of hydrogen-bond donors (Lipinski definition) is 2. The second-order valence-corrected chi connectivity index (χ2v) is 2.78. The third-order valence-corrected chi connectivity index (χ3v) is 2.00. The molecule has 68 valence electrons. The van der Waals surface area contributed by atoms with Crippen molar-refractivity contribution in [2.75, 3.05) is 13.7 Å². The Morgan fingerprint density at radius 2 is 2.50 bits per heavy atom. The fourth-order valence-corrected chi connectivity index (χ4v) is 1.25. The van der Waals surface area contributed by atoms with Crippen molar-refractivity contribution in [1.29, 1.82) is 0 Å². The average molecular weight is 173 g/mol. The van der Waals surface area contributed by atoms with Crippen molar-refractivity contribution >= 4 is 11.9 Å². The molecule has 0 aromatic rings. The Morgan fingerprint density at radius 3 is 2.83 bits per heavy atom. The zero-order valence-electron chi connectivity index (χ0n) is 6.79. The van der Waals surface area contributed by atoms with Gasteiger partial charge >= 0.3 is 5.97 Å². The number of aliphatic hydroxyl groups is 1. The molecule has 1 aliphatic rings. The normalized spacial score (nSPS) is 28.3. The maximum Gasteiger partial charge on any atom is 0.334 e. The van der Waals surface area contributed by atoms with Gasteiger partial charge in [-0.25, -0.2) is 4.79 Å². The Kier molecular flexibility index (Phi) is 2.32. The number of nitrogens with one attached hydrogen (secondary N) is 1. The van der Waals surface area contributed by atoms with Crippen molar-refractivity contribution in [2.24, 2.45) is 0 Å². The maximum absolute atomic E-state index is 11.1. The molecule has 0 aromatic heterocycles. The van der Waals surface area contributed by atoms with E-state index in [-0.39, 0.29) is 12.3 Å². The molecule has 0 aromatic carbocycles. The van der Waals surface area contributed by atoms with E-state index in [1.807, 2.05) is 0 Å². The van der Waals surface area contributed by atoms with Crippen molar-refractivity contribution < 1.29 is 19.4 Å². The summed E-state index contributed by atoms with van der Waals surface area (Å²) < 4.78 is 4.46. The molecular weight excluding hydrogens is 162 g/mol. The highest BCUT2D eigenvalue weighted by molar-refractivity contribution is 5.91. The molecule has 0 saturated carbocycles. The number of amides is 1. The molecule has 1 atom stereocenters. The number of carbonyl (C=O) groups is 2. The number of methoxy groups -OCH3 is 1. The zero-order chi connectivity index (χ0) is 9.19. The molecule has 1 rings (SSSR count). The lowest BCUT2D eigenvalue weighted by Gasteiger charge is -2.22. The molecule has 0 aliphatic carbocycles. The highest BCUT2D eigenvalue weighted by Crippen LogP contribution is 2.20. The predicted molar refractivity (Wildman–Crippen MR) is 39.2 cm³/mol. The van der Waals surface area contributed by atoms with Crippen molar-refractivity contribution in [3.63, 3.8) is 0 Å². The average Bonchev–Trinajstić information content (AvgIpc) is 2.47. The van der Waals surface area contributed by atoms with Crippen molar-refractivity contribution in [1.82, 2.24) is 5.32 Å². The van der Waals surface area contributed by atoms with Gasteiger partial charge in [0.15, 0.2) is 5.54 Å². The molecule has 5 nitrogen and oxygen atoms in total. The van der Waals surface area contributed by atoms with E-state index in [1.165, 1.54) is 7.11 Å². The quantitative estimate of drug-likeness (QED) is 0.514. The van der Waals surface area contributed by atoms with Gasteiger partial charge in [-0.1, -0.05) is 0 Å². The van der Waals surface area contributed by atoms with E-state index >= 15 is 0 Å². The maximum atomic E-state index is 11.1. The van der Waals surface area contributed by atoms with Gasteiger partial charge in [-0.05, 0) is 6.42 Å². The topological polar surface area (TPSA) is 75.6 Å². The number of hydrogen-bond acceptors (Lipinski definition) is 4. The molecular formula is C7H11NO4. The van der Waals surface area contributed by atoms with Crippen LogP contribution in [-0.2, 0) is 14.3 Å². The summed E-state index contributed by atoms with van der Waals surface area (Å²) in [5.41, 5.74) is -1.19. The molecule has 1 heterocycles. The van der Waals surface area contributed by atoms with Crippen LogP contribution in [0.1, 0.15) is 12.8 Å². The number of esters is 1. The minimum absolute atomic E-state index is 0.227. The molecule has 1 saturated heterocycles. The third-order valence-electron chi connectivity index (χ3n) is 2.00. The van der Waals surface area contributed by atoms with Crippen molar-refractivity contribution in [3.8, 4) is 0 Å². The first kappa shape index (κ1) is 8.99. The number of carbonyl (C=O) groups excluding carboxylic acids is 2. The molecule has 1 fully saturated rings. The molecule has 5 heteroatoms. The van der Waals surface area contributed by atoms with Gasteiger partial charge in [-0.2, -0.15) is 0 Å². The summed E-state index contributed by atoms with van der Waals surface area (Å²) in [4.78, 5) is 21.9. The van der Waals surface area contributed by atoms with Gasteiger partial charge in [-0.3, -0.25) is 4.79 Å². The number of ether oxygens (including phenoxy) is 1. The largest absolute Gasteiger partial charge is 0.467 e. The number of aliphatic hydroxyl groups excluding tert-OH is 1. The Labute approximate surface area is 69.7 Å². The zero-order valence-corrected chi connectivity index (χ0v) is 6.79. The summed E-state index contributed by atoms with van der Waals surface area (Å²) >= 11 is 0. The second kappa shape index (κ2) is 3.10. The second-order valence-electron chi connectivity index (χ2n) is 2.78. The van der Waals surface area contributed by atoms with E-state index in [1.54, 1.807) is 0 Å². The Hall–Kier alpha value is -1.10. The molecule has 0 radical (unpaired) electrons. The van der Waals surface area contributed by atoms with Crippen LogP contribution in [0.2, 0.25) is 0 Å². The summed E-state index contributed by atoms with van der Waals surface area (Å²) in [6, 6.07) is 0. The van der Waals surface area contributed by atoms with E-state index in [0.717, 1.165) is 0 Å². The molecule has 1 aliphatic heterocycles. The first-order chi connectivity index (χ1) is 5.64. The van der Waals surface area contributed by atoms with Gasteiger partial charge in [0, 0.05) is 6.42 Å². The van der Waals surface area contributed by atoms with Crippen molar-refractivity contribution in [2.45, 2.75) is 18.4 Å². The van der Waals surface area contributed by atoms with Gasteiger partial charge in [-0.15, -0.1) is 0 Å². The summed E-state index contributed by atoms with van der Waals surface area (Å²) in [6.45, 7) is -0.411. The van der Waals surface area contributed by atoms with Crippen LogP contribution in [0.5, 0.6) is 0 Å². The lowest BCUT2D eigenvalue weighted by molar-refractivity contribution is -0.150. The third kappa shape index (κ3) is 1.27. The summed E-state index contributed by atoms with van der Waals surface area (Å²) in [7, 11) is 1.23. The summed E-state index contributed by atoms with van der Waals surface area (Å²) in [5, 5.41) is 11.3. The lowest BCUT2D eigenvalue weighted by Crippen LogP contribution is -2.52. The van der Waals surface area contributed by atoms with E-state index in [4.69, 9.17) is 5.11 Å².